The van der Waals surface area contributed by atoms with Gasteiger partial charge in [-0.15, -0.1) is 0 Å². The number of hydrogen-bond donors (Lipinski definition) is 2. The van der Waals surface area contributed by atoms with Gasteiger partial charge in [0.1, 0.15) is 5.75 Å². The van der Waals surface area contributed by atoms with E-state index >= 15 is 0 Å². The first-order valence-corrected chi connectivity index (χ1v) is 5.62. The minimum atomic E-state index is -0.954. The molecule has 0 aliphatic heterocycles. The zero-order chi connectivity index (χ0) is 12.5. The van der Waals surface area contributed by atoms with Crippen LogP contribution in [0.15, 0.2) is 18.2 Å². The van der Waals surface area contributed by atoms with Gasteiger partial charge in [0.05, 0.1) is 5.41 Å². The van der Waals surface area contributed by atoms with E-state index in [2.05, 4.69) is 0 Å². The van der Waals surface area contributed by atoms with E-state index < -0.39 is 11.4 Å². The highest BCUT2D eigenvalue weighted by molar-refractivity contribution is 5.88. The molecule has 0 bridgehead atoms. The molecule has 4 nitrogen and oxygen atoms in total. The van der Waals surface area contributed by atoms with E-state index in [1.54, 1.807) is 6.07 Å². The van der Waals surface area contributed by atoms with E-state index in [9.17, 15) is 19.8 Å². The van der Waals surface area contributed by atoms with Crippen LogP contribution in [0.3, 0.4) is 0 Å². The number of carbonyl (C=O) groups excluding carboxylic acids is 1. The van der Waals surface area contributed by atoms with Crippen LogP contribution in [0.25, 0.3) is 0 Å². The summed E-state index contributed by atoms with van der Waals surface area (Å²) in [5, 5.41) is 18.8. The van der Waals surface area contributed by atoms with Crippen LogP contribution in [0.5, 0.6) is 5.75 Å². The van der Waals surface area contributed by atoms with Crippen molar-refractivity contribution in [2.24, 2.45) is 0 Å². The van der Waals surface area contributed by atoms with Gasteiger partial charge in [-0.1, -0.05) is 18.9 Å². The van der Waals surface area contributed by atoms with E-state index in [-0.39, 0.29) is 11.3 Å². The average Bonchev–Trinajstić information content (AvgIpc) is 2.79. The second-order valence-corrected chi connectivity index (χ2v) is 4.48. The predicted molar refractivity (Wildman–Crippen MR) is 61.3 cm³/mol. The maximum Gasteiger partial charge on any atom is 0.314 e. The number of aromatic hydroxyl groups is 1. The number of aldehydes is 1. The van der Waals surface area contributed by atoms with Gasteiger partial charge in [0.2, 0.25) is 0 Å². The minimum absolute atomic E-state index is 0.0191. The zero-order valence-electron chi connectivity index (χ0n) is 9.35. The standard InChI is InChI=1S/C13H14O4/c14-8-9-7-10(15)3-4-11(9)13(12(16)17)5-1-2-6-13/h3-4,7-8,15H,1-2,5-6H2,(H,16,17). The molecule has 1 fully saturated rings. The number of hydrogen-bond acceptors (Lipinski definition) is 3. The Labute approximate surface area is 98.9 Å². The molecule has 2 rings (SSSR count). The summed E-state index contributed by atoms with van der Waals surface area (Å²) in [6.07, 6.45) is 3.41. The molecule has 0 heterocycles. The van der Waals surface area contributed by atoms with Crippen molar-refractivity contribution in [2.45, 2.75) is 31.1 Å². The van der Waals surface area contributed by atoms with Crippen molar-refractivity contribution >= 4 is 12.3 Å². The third kappa shape index (κ3) is 1.79. The summed E-state index contributed by atoms with van der Waals surface area (Å²) in [5.74, 6) is -0.904. The topological polar surface area (TPSA) is 74.6 Å². The maximum atomic E-state index is 11.5. The SMILES string of the molecule is O=Cc1cc(O)ccc1C1(C(=O)O)CCCC1. The number of carbonyl (C=O) groups is 2. The fourth-order valence-electron chi connectivity index (χ4n) is 2.66. The van der Waals surface area contributed by atoms with Crippen LogP contribution in [0.1, 0.15) is 41.6 Å². The molecule has 1 aliphatic rings. The van der Waals surface area contributed by atoms with Gasteiger partial charge in [-0.3, -0.25) is 9.59 Å². The van der Waals surface area contributed by atoms with Gasteiger partial charge >= 0.3 is 5.97 Å². The Morgan fingerprint density at radius 2 is 1.94 bits per heavy atom. The van der Waals surface area contributed by atoms with Crippen LogP contribution in [-0.4, -0.2) is 22.5 Å². The monoisotopic (exact) mass is 234 g/mol. The molecule has 17 heavy (non-hydrogen) atoms. The lowest BCUT2D eigenvalue weighted by molar-refractivity contribution is -0.143. The number of phenolic OH excluding ortho intramolecular Hbond substituents is 1. The van der Waals surface area contributed by atoms with E-state index in [0.717, 1.165) is 12.8 Å². The Kier molecular flexibility index (Phi) is 2.88. The summed E-state index contributed by atoms with van der Waals surface area (Å²) in [7, 11) is 0. The molecule has 4 heteroatoms. The lowest BCUT2D eigenvalue weighted by atomic mass is 9.77. The average molecular weight is 234 g/mol. The Balaban J connectivity index is 2.57. The highest BCUT2D eigenvalue weighted by Gasteiger charge is 2.44. The molecular formula is C13H14O4. The van der Waals surface area contributed by atoms with Gasteiger partial charge in [0.15, 0.2) is 6.29 Å². The highest BCUT2D eigenvalue weighted by Crippen LogP contribution is 2.43. The molecule has 0 unspecified atom stereocenters. The van der Waals surface area contributed by atoms with Crippen molar-refractivity contribution in [1.29, 1.82) is 0 Å². The van der Waals surface area contributed by atoms with Crippen molar-refractivity contribution in [2.75, 3.05) is 0 Å². The largest absolute Gasteiger partial charge is 0.508 e. The summed E-state index contributed by atoms with van der Waals surface area (Å²) in [5.41, 5.74) is -0.158. The number of aliphatic carboxylic acids is 1. The number of rotatable bonds is 3. The van der Waals surface area contributed by atoms with Crippen molar-refractivity contribution < 1.29 is 19.8 Å². The van der Waals surface area contributed by atoms with Gasteiger partial charge in [-0.25, -0.2) is 0 Å². The van der Waals surface area contributed by atoms with Gasteiger partial charge in [-0.05, 0) is 30.5 Å². The molecule has 1 saturated carbocycles. The number of phenols is 1. The molecule has 2 N–H and O–H groups in total. The first-order valence-electron chi connectivity index (χ1n) is 5.62. The zero-order valence-corrected chi connectivity index (χ0v) is 9.35. The molecule has 1 aliphatic carbocycles. The van der Waals surface area contributed by atoms with Crippen molar-refractivity contribution in [3.8, 4) is 5.75 Å². The summed E-state index contributed by atoms with van der Waals surface area (Å²) >= 11 is 0. The molecule has 0 amide bonds. The smallest absolute Gasteiger partial charge is 0.314 e. The fraction of sp³-hybridized carbons (Fsp3) is 0.385. The normalized spacial score (nSPS) is 17.9. The molecule has 0 spiro atoms. The quantitative estimate of drug-likeness (QED) is 0.785. The maximum absolute atomic E-state index is 11.5. The van der Waals surface area contributed by atoms with E-state index in [0.29, 0.717) is 24.7 Å². The van der Waals surface area contributed by atoms with Gasteiger partial charge in [0, 0.05) is 5.56 Å². The third-order valence-electron chi connectivity index (χ3n) is 3.54. The van der Waals surface area contributed by atoms with Crippen LogP contribution < -0.4 is 0 Å². The molecule has 1 aromatic rings. The van der Waals surface area contributed by atoms with Crippen LogP contribution in [-0.2, 0) is 10.2 Å². The van der Waals surface area contributed by atoms with Crippen molar-refractivity contribution in [3.63, 3.8) is 0 Å². The summed E-state index contributed by atoms with van der Waals surface area (Å²) in [6.45, 7) is 0. The van der Waals surface area contributed by atoms with E-state index in [1.807, 2.05) is 0 Å². The molecule has 0 radical (unpaired) electrons. The second kappa shape index (κ2) is 4.20. The summed E-state index contributed by atoms with van der Waals surface area (Å²) in [6, 6.07) is 4.31. The number of carboxylic acid groups (broad SMARTS) is 1. The lowest BCUT2D eigenvalue weighted by Gasteiger charge is -2.25. The molecule has 0 atom stereocenters. The lowest BCUT2D eigenvalue weighted by Crippen LogP contribution is -2.33. The predicted octanol–water partition coefficient (Wildman–Crippen LogP) is 2.10. The van der Waals surface area contributed by atoms with Crippen LogP contribution in [0, 0.1) is 0 Å². The highest BCUT2D eigenvalue weighted by atomic mass is 16.4. The molecular weight excluding hydrogens is 220 g/mol. The summed E-state index contributed by atoms with van der Waals surface area (Å²) < 4.78 is 0. The Morgan fingerprint density at radius 1 is 1.29 bits per heavy atom. The van der Waals surface area contributed by atoms with E-state index in [4.69, 9.17) is 0 Å². The van der Waals surface area contributed by atoms with Crippen LogP contribution >= 0.6 is 0 Å². The Bertz CT molecular complexity index is 458. The van der Waals surface area contributed by atoms with Gasteiger partial charge in [0.25, 0.3) is 0 Å². The minimum Gasteiger partial charge on any atom is -0.508 e. The second-order valence-electron chi connectivity index (χ2n) is 4.48. The third-order valence-corrected chi connectivity index (χ3v) is 3.54. The number of benzene rings is 1. The Morgan fingerprint density at radius 3 is 2.47 bits per heavy atom. The van der Waals surface area contributed by atoms with E-state index in [1.165, 1.54) is 12.1 Å². The first kappa shape index (κ1) is 11.6. The molecule has 90 valence electrons. The van der Waals surface area contributed by atoms with Crippen molar-refractivity contribution in [1.82, 2.24) is 0 Å². The molecule has 0 saturated heterocycles. The van der Waals surface area contributed by atoms with Gasteiger partial charge in [-0.2, -0.15) is 0 Å². The number of carboxylic acids is 1. The molecule has 0 aromatic heterocycles. The Hall–Kier alpha value is -1.84. The van der Waals surface area contributed by atoms with Crippen molar-refractivity contribution in [3.05, 3.63) is 29.3 Å². The molecule has 1 aromatic carbocycles. The van der Waals surface area contributed by atoms with Crippen LogP contribution in [0.2, 0.25) is 0 Å². The van der Waals surface area contributed by atoms with Gasteiger partial charge < -0.3 is 10.2 Å². The summed E-state index contributed by atoms with van der Waals surface area (Å²) in [4.78, 5) is 22.5. The first-order chi connectivity index (χ1) is 8.10. The fourth-order valence-corrected chi connectivity index (χ4v) is 2.66. The van der Waals surface area contributed by atoms with Crippen LogP contribution in [0.4, 0.5) is 0 Å².